The van der Waals surface area contributed by atoms with Crippen LogP contribution in [0.1, 0.15) is 12.0 Å². The minimum Gasteiger partial charge on any atom is -0.495 e. The lowest BCUT2D eigenvalue weighted by Gasteiger charge is -2.19. The van der Waals surface area contributed by atoms with Gasteiger partial charge in [0.2, 0.25) is 0 Å². The molecule has 0 aromatic heterocycles. The number of aliphatic hydroxyl groups is 2. The molecule has 5 heteroatoms. The lowest BCUT2D eigenvalue weighted by molar-refractivity contribution is 0.229. The molecule has 3 N–H and O–H groups in total. The van der Waals surface area contributed by atoms with E-state index in [1.165, 1.54) is 0 Å². The molecule has 0 saturated heterocycles. The number of methoxy groups -OCH3 is 1. The third-order valence-electron chi connectivity index (χ3n) is 2.56. The van der Waals surface area contributed by atoms with Crippen molar-refractivity contribution in [2.75, 3.05) is 25.6 Å². The van der Waals surface area contributed by atoms with Gasteiger partial charge in [0.15, 0.2) is 0 Å². The van der Waals surface area contributed by atoms with Gasteiger partial charge >= 0.3 is 0 Å². The van der Waals surface area contributed by atoms with E-state index in [9.17, 15) is 0 Å². The minimum absolute atomic E-state index is 0.0289. The van der Waals surface area contributed by atoms with Crippen molar-refractivity contribution in [2.24, 2.45) is 0 Å². The molecule has 1 unspecified atom stereocenters. The van der Waals surface area contributed by atoms with Crippen molar-refractivity contribution in [1.29, 1.82) is 0 Å². The second-order valence-corrected chi connectivity index (χ2v) is 4.24. The summed E-state index contributed by atoms with van der Waals surface area (Å²) in [6, 6.07) is 3.41. The van der Waals surface area contributed by atoms with Gasteiger partial charge in [-0.3, -0.25) is 0 Å². The summed E-state index contributed by atoms with van der Waals surface area (Å²) in [5.41, 5.74) is 1.81. The van der Waals surface area contributed by atoms with Crippen molar-refractivity contribution in [1.82, 2.24) is 0 Å². The molecule has 1 aromatic carbocycles. The maximum Gasteiger partial charge on any atom is 0.137 e. The van der Waals surface area contributed by atoms with Gasteiger partial charge in [-0.15, -0.1) is 0 Å². The van der Waals surface area contributed by atoms with Crippen LogP contribution in [-0.4, -0.2) is 36.6 Å². The highest BCUT2D eigenvalue weighted by molar-refractivity contribution is 6.32. The number of aliphatic hydroxyl groups excluding tert-OH is 2. The van der Waals surface area contributed by atoms with Gasteiger partial charge < -0.3 is 20.3 Å². The molecular formula is C12H18ClNO3. The topological polar surface area (TPSA) is 61.7 Å². The largest absolute Gasteiger partial charge is 0.495 e. The Morgan fingerprint density at radius 2 is 2.12 bits per heavy atom. The van der Waals surface area contributed by atoms with Crippen LogP contribution >= 0.6 is 11.6 Å². The number of anilines is 1. The molecule has 0 fully saturated rings. The lowest BCUT2D eigenvalue weighted by atomic mass is 10.1. The van der Waals surface area contributed by atoms with E-state index < -0.39 is 0 Å². The van der Waals surface area contributed by atoms with Crippen LogP contribution in [0.25, 0.3) is 0 Å². The molecule has 1 atom stereocenters. The predicted molar refractivity (Wildman–Crippen MR) is 68.9 cm³/mol. The number of aryl methyl sites for hydroxylation is 1. The van der Waals surface area contributed by atoms with Crippen LogP contribution in [0.3, 0.4) is 0 Å². The van der Waals surface area contributed by atoms with E-state index in [2.05, 4.69) is 5.32 Å². The number of hydrogen-bond donors (Lipinski definition) is 3. The zero-order valence-electron chi connectivity index (χ0n) is 10.0. The predicted octanol–water partition coefficient (Wildman–Crippen LogP) is 1.81. The fourth-order valence-electron chi connectivity index (χ4n) is 1.55. The molecule has 17 heavy (non-hydrogen) atoms. The molecule has 4 nitrogen and oxygen atoms in total. The number of nitrogens with one attached hydrogen (secondary N) is 1. The second-order valence-electron chi connectivity index (χ2n) is 3.84. The molecule has 96 valence electrons. The van der Waals surface area contributed by atoms with E-state index in [0.717, 1.165) is 11.3 Å². The molecule has 0 bridgehead atoms. The first-order chi connectivity index (χ1) is 8.12. The fourth-order valence-corrected chi connectivity index (χ4v) is 1.79. The van der Waals surface area contributed by atoms with Crippen LogP contribution in [0.15, 0.2) is 12.1 Å². The Morgan fingerprint density at radius 3 is 2.65 bits per heavy atom. The Morgan fingerprint density at radius 1 is 1.41 bits per heavy atom. The van der Waals surface area contributed by atoms with Crippen LogP contribution < -0.4 is 10.1 Å². The maximum absolute atomic E-state index is 9.15. The van der Waals surface area contributed by atoms with Crippen molar-refractivity contribution >= 4 is 17.3 Å². The number of benzene rings is 1. The Bertz CT molecular complexity index is 371. The van der Waals surface area contributed by atoms with E-state index in [-0.39, 0.29) is 19.3 Å². The zero-order chi connectivity index (χ0) is 12.8. The SMILES string of the molecule is COc1cc(C)c(NC(CO)CCO)cc1Cl. The van der Waals surface area contributed by atoms with Gasteiger partial charge in [-0.2, -0.15) is 0 Å². The van der Waals surface area contributed by atoms with Crippen molar-refractivity contribution in [2.45, 2.75) is 19.4 Å². The van der Waals surface area contributed by atoms with E-state index in [1.807, 2.05) is 13.0 Å². The molecule has 0 aliphatic rings. The first kappa shape index (κ1) is 14.1. The van der Waals surface area contributed by atoms with Crippen LogP contribution in [0.2, 0.25) is 5.02 Å². The highest BCUT2D eigenvalue weighted by Crippen LogP contribution is 2.31. The van der Waals surface area contributed by atoms with Gasteiger partial charge in [-0.05, 0) is 31.0 Å². The Hall–Kier alpha value is -0.970. The number of rotatable bonds is 6. The summed E-state index contributed by atoms with van der Waals surface area (Å²) in [6.45, 7) is 1.92. The Labute approximate surface area is 106 Å². The number of hydrogen-bond acceptors (Lipinski definition) is 4. The average molecular weight is 260 g/mol. The van der Waals surface area contributed by atoms with Crippen molar-refractivity contribution in [3.8, 4) is 5.75 Å². The Balaban J connectivity index is 2.87. The molecule has 0 saturated carbocycles. The quantitative estimate of drug-likeness (QED) is 0.729. The molecule has 1 aromatic rings. The summed E-state index contributed by atoms with van der Waals surface area (Å²) in [4.78, 5) is 0. The van der Waals surface area contributed by atoms with Gasteiger partial charge in [-0.25, -0.2) is 0 Å². The van der Waals surface area contributed by atoms with Crippen LogP contribution in [0.5, 0.6) is 5.75 Å². The summed E-state index contributed by atoms with van der Waals surface area (Å²) in [5, 5.41) is 21.7. The van der Waals surface area contributed by atoms with E-state index in [1.54, 1.807) is 13.2 Å². The molecular weight excluding hydrogens is 242 g/mol. The third-order valence-corrected chi connectivity index (χ3v) is 2.85. The van der Waals surface area contributed by atoms with Crippen molar-refractivity contribution in [3.05, 3.63) is 22.7 Å². The van der Waals surface area contributed by atoms with Gasteiger partial charge in [0.05, 0.1) is 24.8 Å². The summed E-state index contributed by atoms with van der Waals surface area (Å²) < 4.78 is 5.11. The highest BCUT2D eigenvalue weighted by Gasteiger charge is 2.11. The van der Waals surface area contributed by atoms with Gasteiger partial charge in [-0.1, -0.05) is 11.6 Å². The maximum atomic E-state index is 9.15. The molecule has 0 aliphatic heterocycles. The van der Waals surface area contributed by atoms with Gasteiger partial charge in [0, 0.05) is 12.3 Å². The zero-order valence-corrected chi connectivity index (χ0v) is 10.8. The summed E-state index contributed by atoms with van der Waals surface area (Å²) in [6.07, 6.45) is 0.486. The van der Waals surface area contributed by atoms with Gasteiger partial charge in [0.1, 0.15) is 5.75 Å². The lowest BCUT2D eigenvalue weighted by Crippen LogP contribution is -2.25. The molecule has 0 aliphatic carbocycles. The molecule has 0 heterocycles. The number of halogens is 1. The molecule has 0 spiro atoms. The van der Waals surface area contributed by atoms with Crippen LogP contribution in [0.4, 0.5) is 5.69 Å². The monoisotopic (exact) mass is 259 g/mol. The van der Waals surface area contributed by atoms with Crippen LogP contribution in [0, 0.1) is 6.92 Å². The second kappa shape index (κ2) is 6.69. The molecule has 0 radical (unpaired) electrons. The molecule has 0 amide bonds. The summed E-state index contributed by atoms with van der Waals surface area (Å²) in [5.74, 6) is 0.623. The first-order valence-electron chi connectivity index (χ1n) is 5.44. The molecule has 1 rings (SSSR count). The fraction of sp³-hybridized carbons (Fsp3) is 0.500. The third kappa shape index (κ3) is 3.77. The average Bonchev–Trinajstić information content (AvgIpc) is 2.32. The standard InChI is InChI=1S/C12H18ClNO3/c1-8-5-12(17-2)10(13)6-11(8)14-9(7-16)3-4-15/h5-6,9,14-16H,3-4,7H2,1-2H3. The summed E-state index contributed by atoms with van der Waals surface area (Å²) in [7, 11) is 1.57. The normalized spacial score (nSPS) is 12.3. The highest BCUT2D eigenvalue weighted by atomic mass is 35.5. The van der Waals surface area contributed by atoms with Gasteiger partial charge in [0.25, 0.3) is 0 Å². The first-order valence-corrected chi connectivity index (χ1v) is 5.82. The summed E-state index contributed by atoms with van der Waals surface area (Å²) >= 11 is 6.03. The minimum atomic E-state index is -0.178. The smallest absolute Gasteiger partial charge is 0.137 e. The Kier molecular flexibility index (Phi) is 5.55. The number of ether oxygens (including phenoxy) is 1. The van der Waals surface area contributed by atoms with Crippen molar-refractivity contribution in [3.63, 3.8) is 0 Å². The van der Waals surface area contributed by atoms with E-state index >= 15 is 0 Å². The van der Waals surface area contributed by atoms with E-state index in [0.29, 0.717) is 17.2 Å². The van der Waals surface area contributed by atoms with Crippen molar-refractivity contribution < 1.29 is 14.9 Å². The van der Waals surface area contributed by atoms with E-state index in [4.69, 9.17) is 26.6 Å². The van der Waals surface area contributed by atoms with Crippen LogP contribution in [-0.2, 0) is 0 Å².